The van der Waals surface area contributed by atoms with Crippen LogP contribution in [0.15, 0.2) is 17.2 Å². The first-order valence-corrected chi connectivity index (χ1v) is 8.02. The third-order valence-electron chi connectivity index (χ3n) is 3.48. The Bertz CT molecular complexity index is 648. The molecule has 0 unspecified atom stereocenters. The monoisotopic (exact) mass is 335 g/mol. The number of carbonyl (C=O) groups is 1. The number of amides is 1. The first-order valence-electron chi connectivity index (χ1n) is 8.02. The van der Waals surface area contributed by atoms with E-state index in [1.54, 1.807) is 0 Å². The lowest BCUT2D eigenvalue weighted by Gasteiger charge is -2.20. The standard InChI is InChI=1S/C17H26N4O3/c1-17(2,3)24-16(22)19-7-6-8-23-15-10-14-12(9-13(15)18)11-20-21(14,4)5/h9-11H,6-8,18H2,1-5H3/p+1. The summed E-state index contributed by atoms with van der Waals surface area (Å²) in [6.45, 7) is 6.42. The Morgan fingerprint density at radius 2 is 2.04 bits per heavy atom. The quantitative estimate of drug-likeness (QED) is 0.492. The first-order chi connectivity index (χ1) is 11.1. The molecule has 0 aliphatic carbocycles. The second-order valence-electron chi connectivity index (χ2n) is 7.22. The molecule has 0 saturated heterocycles. The minimum atomic E-state index is -0.493. The number of alkyl carbamates (subject to hydrolysis) is 1. The number of nitrogens with two attached hydrogens (primary N) is 1. The fourth-order valence-electron chi connectivity index (χ4n) is 2.33. The number of rotatable bonds is 5. The van der Waals surface area contributed by atoms with Crippen LogP contribution in [0.2, 0.25) is 0 Å². The van der Waals surface area contributed by atoms with Gasteiger partial charge in [0.25, 0.3) is 0 Å². The zero-order chi connectivity index (χ0) is 18.0. The van der Waals surface area contributed by atoms with Gasteiger partial charge in [0.1, 0.15) is 11.4 Å². The smallest absolute Gasteiger partial charge is 0.407 e. The van der Waals surface area contributed by atoms with Crippen molar-refractivity contribution in [1.29, 1.82) is 0 Å². The van der Waals surface area contributed by atoms with Crippen molar-refractivity contribution >= 4 is 23.7 Å². The molecule has 0 radical (unpaired) electrons. The molecule has 0 spiro atoms. The molecule has 0 aromatic heterocycles. The maximum absolute atomic E-state index is 11.5. The van der Waals surface area contributed by atoms with Crippen LogP contribution in [0.1, 0.15) is 32.8 Å². The highest BCUT2D eigenvalue weighted by atomic mass is 16.6. The Labute approximate surface area is 143 Å². The summed E-state index contributed by atoms with van der Waals surface area (Å²) in [6, 6.07) is 3.80. The van der Waals surface area contributed by atoms with Gasteiger partial charge in [0.2, 0.25) is 0 Å². The van der Waals surface area contributed by atoms with Crippen molar-refractivity contribution < 1.29 is 14.3 Å². The minimum absolute atomic E-state index is 0.421. The highest BCUT2D eigenvalue weighted by molar-refractivity contribution is 5.93. The normalized spacial score (nSPS) is 15.0. The number of hydrogen-bond donors (Lipinski definition) is 2. The summed E-state index contributed by atoms with van der Waals surface area (Å²) < 4.78 is 11.3. The molecule has 1 aromatic carbocycles. The number of quaternary nitrogens is 1. The van der Waals surface area contributed by atoms with Gasteiger partial charge in [-0.15, -0.1) is 0 Å². The van der Waals surface area contributed by atoms with Gasteiger partial charge in [-0.1, -0.05) is 5.10 Å². The Hall–Kier alpha value is -2.28. The molecule has 3 N–H and O–H groups in total. The van der Waals surface area contributed by atoms with Gasteiger partial charge in [0, 0.05) is 12.6 Å². The van der Waals surface area contributed by atoms with Crippen LogP contribution in [0.4, 0.5) is 16.2 Å². The SMILES string of the molecule is CC(C)(C)OC(=O)NCCCOc1cc2c(cc1N)C=N[N+]2(C)C. The van der Waals surface area contributed by atoms with Crippen LogP contribution in [-0.4, -0.2) is 45.2 Å². The van der Waals surface area contributed by atoms with Crippen LogP contribution < -0.4 is 20.4 Å². The molecule has 7 nitrogen and oxygen atoms in total. The van der Waals surface area contributed by atoms with E-state index in [-0.39, 0.29) is 0 Å². The molecule has 132 valence electrons. The number of benzene rings is 1. The molecule has 0 saturated carbocycles. The second-order valence-corrected chi connectivity index (χ2v) is 7.22. The number of fused-ring (bicyclic) bond motifs is 1. The summed E-state index contributed by atoms with van der Waals surface area (Å²) in [4.78, 5) is 11.5. The van der Waals surface area contributed by atoms with Gasteiger partial charge in [0.15, 0.2) is 5.69 Å². The van der Waals surface area contributed by atoms with Crippen molar-refractivity contribution in [2.24, 2.45) is 5.10 Å². The number of hydrogen-bond acceptors (Lipinski definition) is 5. The zero-order valence-electron chi connectivity index (χ0n) is 15.0. The Morgan fingerprint density at radius 3 is 2.71 bits per heavy atom. The van der Waals surface area contributed by atoms with Gasteiger partial charge in [-0.2, -0.15) is 4.59 Å². The van der Waals surface area contributed by atoms with Crippen molar-refractivity contribution in [3.05, 3.63) is 17.7 Å². The summed E-state index contributed by atoms with van der Waals surface area (Å²) in [5.74, 6) is 0.641. The number of carbonyl (C=O) groups excluding carboxylic acids is 1. The third kappa shape index (κ3) is 4.61. The molecule has 0 atom stereocenters. The van der Waals surface area contributed by atoms with Gasteiger partial charge in [0.05, 0.1) is 38.2 Å². The van der Waals surface area contributed by atoms with E-state index in [1.807, 2.05) is 53.2 Å². The molecule has 0 bridgehead atoms. The Kier molecular flexibility index (Phi) is 5.03. The van der Waals surface area contributed by atoms with Crippen molar-refractivity contribution in [2.75, 3.05) is 33.0 Å². The highest BCUT2D eigenvalue weighted by Gasteiger charge is 2.29. The number of nitrogen functional groups attached to an aromatic ring is 1. The number of anilines is 1. The minimum Gasteiger partial charge on any atom is -0.491 e. The fraction of sp³-hybridized carbons (Fsp3) is 0.529. The van der Waals surface area contributed by atoms with Crippen molar-refractivity contribution in [2.45, 2.75) is 32.8 Å². The second kappa shape index (κ2) is 6.68. The summed E-state index contributed by atoms with van der Waals surface area (Å²) in [5.41, 5.74) is 8.18. The Morgan fingerprint density at radius 1 is 1.33 bits per heavy atom. The van der Waals surface area contributed by atoms with E-state index < -0.39 is 11.7 Å². The Balaban J connectivity index is 1.81. The van der Waals surface area contributed by atoms with E-state index in [0.717, 1.165) is 11.3 Å². The zero-order valence-corrected chi connectivity index (χ0v) is 15.0. The summed E-state index contributed by atoms with van der Waals surface area (Å²) in [6.07, 6.45) is 2.06. The van der Waals surface area contributed by atoms with E-state index in [4.69, 9.17) is 15.2 Å². The molecule has 24 heavy (non-hydrogen) atoms. The van der Waals surface area contributed by atoms with Crippen molar-refractivity contribution in [1.82, 2.24) is 9.91 Å². The maximum Gasteiger partial charge on any atom is 0.407 e. The van der Waals surface area contributed by atoms with Crippen LogP contribution in [0, 0.1) is 0 Å². The lowest BCUT2D eigenvalue weighted by molar-refractivity contribution is 0.0525. The summed E-state index contributed by atoms with van der Waals surface area (Å²) >= 11 is 0. The van der Waals surface area contributed by atoms with Crippen molar-refractivity contribution in [3.63, 3.8) is 0 Å². The molecule has 2 rings (SSSR count). The first kappa shape index (κ1) is 18.1. The number of ether oxygens (including phenoxy) is 2. The van der Waals surface area contributed by atoms with E-state index >= 15 is 0 Å². The molecule has 0 fully saturated rings. The largest absolute Gasteiger partial charge is 0.491 e. The van der Waals surface area contributed by atoms with Gasteiger partial charge >= 0.3 is 6.09 Å². The molecule has 7 heteroatoms. The molecule has 1 aliphatic heterocycles. The van der Waals surface area contributed by atoms with E-state index in [2.05, 4.69) is 10.4 Å². The third-order valence-corrected chi connectivity index (χ3v) is 3.48. The molecular formula is C17H27N4O3+. The predicted octanol–water partition coefficient (Wildman–Crippen LogP) is 2.48. The van der Waals surface area contributed by atoms with Crippen LogP contribution in [0.3, 0.4) is 0 Å². The lowest BCUT2D eigenvalue weighted by Crippen LogP contribution is -2.33. The number of nitrogens with one attached hydrogen (secondary N) is 1. The van der Waals surface area contributed by atoms with Crippen molar-refractivity contribution in [3.8, 4) is 5.75 Å². The number of nitrogens with zero attached hydrogens (tertiary/aromatic N) is 2. The summed E-state index contributed by atoms with van der Waals surface area (Å²) in [7, 11) is 3.99. The molecule has 1 amide bonds. The average Bonchev–Trinajstić information content (AvgIpc) is 2.72. The fourth-order valence-corrected chi connectivity index (χ4v) is 2.33. The molecule has 1 aliphatic rings. The van der Waals surface area contributed by atoms with E-state index in [0.29, 0.717) is 35.6 Å². The van der Waals surface area contributed by atoms with Gasteiger partial charge in [-0.25, -0.2) is 4.79 Å². The van der Waals surface area contributed by atoms with Crippen LogP contribution in [0.25, 0.3) is 0 Å². The maximum atomic E-state index is 11.5. The topological polar surface area (TPSA) is 85.9 Å². The molecule has 1 aromatic rings. The average molecular weight is 335 g/mol. The summed E-state index contributed by atoms with van der Waals surface area (Å²) in [5, 5.41) is 7.12. The predicted molar refractivity (Wildman–Crippen MR) is 96.4 cm³/mol. The molecular weight excluding hydrogens is 308 g/mol. The molecule has 1 heterocycles. The van der Waals surface area contributed by atoms with Crippen LogP contribution in [-0.2, 0) is 4.74 Å². The van der Waals surface area contributed by atoms with Gasteiger partial charge < -0.3 is 20.5 Å². The van der Waals surface area contributed by atoms with E-state index in [1.165, 1.54) is 0 Å². The lowest BCUT2D eigenvalue weighted by atomic mass is 10.1. The van der Waals surface area contributed by atoms with E-state index in [9.17, 15) is 4.79 Å². The van der Waals surface area contributed by atoms with Gasteiger partial charge in [-0.05, 0) is 33.3 Å². The van der Waals surface area contributed by atoms with Crippen LogP contribution >= 0.6 is 0 Å². The van der Waals surface area contributed by atoms with Gasteiger partial charge in [-0.3, -0.25) is 0 Å². The highest BCUT2D eigenvalue weighted by Crippen LogP contribution is 2.36. The van der Waals surface area contributed by atoms with Crippen LogP contribution in [0.5, 0.6) is 5.75 Å².